The van der Waals surface area contributed by atoms with Crippen LogP contribution in [-0.2, 0) is 11.2 Å². The van der Waals surface area contributed by atoms with Gasteiger partial charge in [-0.3, -0.25) is 4.90 Å². The summed E-state index contributed by atoms with van der Waals surface area (Å²) in [5.74, 6) is -0.180. The van der Waals surface area contributed by atoms with Crippen LogP contribution in [0.3, 0.4) is 0 Å². The average Bonchev–Trinajstić information content (AvgIpc) is 2.56. The Labute approximate surface area is 131 Å². The number of hydrogen-bond acceptors (Lipinski definition) is 2. The number of ether oxygens (including phenoxy) is 1. The van der Waals surface area contributed by atoms with E-state index in [1.165, 1.54) is 11.6 Å². The summed E-state index contributed by atoms with van der Waals surface area (Å²) in [7, 11) is 0. The van der Waals surface area contributed by atoms with Crippen LogP contribution in [0.1, 0.15) is 12.0 Å². The molecule has 1 aliphatic heterocycles. The Bertz CT molecular complexity index is 608. The van der Waals surface area contributed by atoms with Crippen molar-refractivity contribution in [1.29, 1.82) is 0 Å². The van der Waals surface area contributed by atoms with Gasteiger partial charge < -0.3 is 4.74 Å². The molecule has 3 heteroatoms. The fourth-order valence-corrected chi connectivity index (χ4v) is 2.99. The lowest BCUT2D eigenvalue weighted by molar-refractivity contribution is 0.0375. The summed E-state index contributed by atoms with van der Waals surface area (Å²) < 4.78 is 18.8. The van der Waals surface area contributed by atoms with E-state index in [0.29, 0.717) is 0 Å². The van der Waals surface area contributed by atoms with E-state index in [2.05, 4.69) is 23.1 Å². The zero-order chi connectivity index (χ0) is 15.2. The van der Waals surface area contributed by atoms with E-state index in [1.54, 1.807) is 12.1 Å². The Balaban J connectivity index is 1.66. The summed E-state index contributed by atoms with van der Waals surface area (Å²) in [4.78, 5) is 2.45. The predicted octanol–water partition coefficient (Wildman–Crippen LogP) is 3.76. The Morgan fingerprint density at radius 1 is 1.00 bits per heavy atom. The van der Waals surface area contributed by atoms with Gasteiger partial charge in [0.15, 0.2) is 0 Å². The largest absolute Gasteiger partial charge is 0.379 e. The van der Waals surface area contributed by atoms with E-state index < -0.39 is 0 Å². The lowest BCUT2D eigenvalue weighted by Crippen LogP contribution is -2.36. The fraction of sp³-hybridized carbons (Fsp3) is 0.368. The molecule has 0 aromatic heterocycles. The maximum atomic E-state index is 13.5. The van der Waals surface area contributed by atoms with Crippen molar-refractivity contribution in [2.75, 3.05) is 32.8 Å². The van der Waals surface area contributed by atoms with E-state index in [-0.39, 0.29) is 5.82 Å². The maximum absolute atomic E-state index is 13.5. The first-order valence-electron chi connectivity index (χ1n) is 7.97. The summed E-state index contributed by atoms with van der Waals surface area (Å²) in [6, 6.07) is 15.2. The third kappa shape index (κ3) is 3.93. The number of aryl methyl sites for hydroxylation is 1. The van der Waals surface area contributed by atoms with Gasteiger partial charge in [-0.25, -0.2) is 4.39 Å². The highest BCUT2D eigenvalue weighted by molar-refractivity contribution is 5.67. The second kappa shape index (κ2) is 7.52. The van der Waals surface area contributed by atoms with Crippen molar-refractivity contribution < 1.29 is 9.13 Å². The van der Waals surface area contributed by atoms with Crippen molar-refractivity contribution in [3.63, 3.8) is 0 Å². The molecular formula is C19H22FNO. The second-order valence-corrected chi connectivity index (χ2v) is 5.73. The normalized spacial score (nSPS) is 15.9. The van der Waals surface area contributed by atoms with E-state index in [1.807, 2.05) is 12.1 Å². The van der Waals surface area contributed by atoms with Crippen molar-refractivity contribution in [2.24, 2.45) is 0 Å². The van der Waals surface area contributed by atoms with Crippen LogP contribution in [0.25, 0.3) is 11.1 Å². The van der Waals surface area contributed by atoms with Gasteiger partial charge in [0, 0.05) is 13.1 Å². The lowest BCUT2D eigenvalue weighted by atomic mass is 9.96. The molecule has 0 bridgehead atoms. The molecule has 2 aromatic carbocycles. The molecule has 2 nitrogen and oxygen atoms in total. The Hall–Kier alpha value is -1.71. The molecule has 0 unspecified atom stereocenters. The maximum Gasteiger partial charge on any atom is 0.123 e. The van der Waals surface area contributed by atoms with Crippen LogP contribution in [0, 0.1) is 5.82 Å². The van der Waals surface area contributed by atoms with Crippen molar-refractivity contribution in [3.8, 4) is 11.1 Å². The standard InChI is InChI=1S/C19H22FNO/c20-18-8-3-6-17(15-18)19-9-2-1-5-16(19)7-4-10-21-11-13-22-14-12-21/h1-3,5-6,8-9,15H,4,7,10-14H2. The summed E-state index contributed by atoms with van der Waals surface area (Å²) in [5, 5.41) is 0. The van der Waals surface area contributed by atoms with Gasteiger partial charge in [-0.05, 0) is 48.2 Å². The molecule has 116 valence electrons. The van der Waals surface area contributed by atoms with Crippen molar-refractivity contribution in [2.45, 2.75) is 12.8 Å². The molecule has 0 N–H and O–H groups in total. The van der Waals surface area contributed by atoms with Gasteiger partial charge in [-0.2, -0.15) is 0 Å². The number of morpholine rings is 1. The van der Waals surface area contributed by atoms with E-state index >= 15 is 0 Å². The van der Waals surface area contributed by atoms with Gasteiger partial charge in [-0.15, -0.1) is 0 Å². The minimum atomic E-state index is -0.180. The third-order valence-corrected chi connectivity index (χ3v) is 4.18. The van der Waals surface area contributed by atoms with Crippen LogP contribution in [-0.4, -0.2) is 37.7 Å². The molecule has 1 saturated heterocycles. The quantitative estimate of drug-likeness (QED) is 0.833. The molecule has 1 aliphatic rings. The van der Waals surface area contributed by atoms with E-state index in [9.17, 15) is 4.39 Å². The molecule has 0 aliphatic carbocycles. The highest BCUT2D eigenvalue weighted by Gasteiger charge is 2.10. The lowest BCUT2D eigenvalue weighted by Gasteiger charge is -2.26. The molecule has 0 radical (unpaired) electrons. The SMILES string of the molecule is Fc1cccc(-c2ccccc2CCCN2CCOCC2)c1. The summed E-state index contributed by atoms with van der Waals surface area (Å²) in [6.07, 6.45) is 2.14. The highest BCUT2D eigenvalue weighted by Crippen LogP contribution is 2.25. The van der Waals surface area contributed by atoms with Crippen LogP contribution in [0.4, 0.5) is 4.39 Å². The second-order valence-electron chi connectivity index (χ2n) is 5.73. The van der Waals surface area contributed by atoms with E-state index in [0.717, 1.165) is 56.8 Å². The van der Waals surface area contributed by atoms with Crippen molar-refractivity contribution in [3.05, 3.63) is 59.9 Å². The third-order valence-electron chi connectivity index (χ3n) is 4.18. The minimum Gasteiger partial charge on any atom is -0.379 e. The first-order valence-corrected chi connectivity index (χ1v) is 7.97. The van der Waals surface area contributed by atoms with Gasteiger partial charge in [0.05, 0.1) is 13.2 Å². The molecule has 0 atom stereocenters. The monoisotopic (exact) mass is 299 g/mol. The van der Waals surface area contributed by atoms with Gasteiger partial charge >= 0.3 is 0 Å². The Morgan fingerprint density at radius 2 is 1.82 bits per heavy atom. The molecule has 1 heterocycles. The Kier molecular flexibility index (Phi) is 5.20. The first-order chi connectivity index (χ1) is 10.8. The number of benzene rings is 2. The molecule has 3 rings (SSSR count). The van der Waals surface area contributed by atoms with E-state index in [4.69, 9.17) is 4.74 Å². The van der Waals surface area contributed by atoms with Crippen LogP contribution in [0.15, 0.2) is 48.5 Å². The van der Waals surface area contributed by atoms with Crippen LogP contribution in [0.5, 0.6) is 0 Å². The van der Waals surface area contributed by atoms with Gasteiger partial charge in [0.25, 0.3) is 0 Å². The number of hydrogen-bond donors (Lipinski definition) is 0. The van der Waals surface area contributed by atoms with Crippen molar-refractivity contribution in [1.82, 2.24) is 4.90 Å². The zero-order valence-electron chi connectivity index (χ0n) is 12.8. The zero-order valence-corrected chi connectivity index (χ0v) is 12.8. The van der Waals surface area contributed by atoms with Gasteiger partial charge in [0.1, 0.15) is 5.82 Å². The molecule has 2 aromatic rings. The predicted molar refractivity (Wildman–Crippen MR) is 87.4 cm³/mol. The Morgan fingerprint density at radius 3 is 2.64 bits per heavy atom. The van der Waals surface area contributed by atoms with Gasteiger partial charge in [0.2, 0.25) is 0 Å². The first kappa shape index (κ1) is 15.2. The number of nitrogens with zero attached hydrogens (tertiary/aromatic N) is 1. The number of rotatable bonds is 5. The molecule has 0 saturated carbocycles. The van der Waals surface area contributed by atoms with Crippen LogP contribution < -0.4 is 0 Å². The summed E-state index contributed by atoms with van der Waals surface area (Å²) in [5.41, 5.74) is 3.40. The summed E-state index contributed by atoms with van der Waals surface area (Å²) >= 11 is 0. The molecule has 0 amide bonds. The highest BCUT2D eigenvalue weighted by atomic mass is 19.1. The van der Waals surface area contributed by atoms with Crippen LogP contribution in [0.2, 0.25) is 0 Å². The smallest absolute Gasteiger partial charge is 0.123 e. The average molecular weight is 299 g/mol. The molecular weight excluding hydrogens is 277 g/mol. The minimum absolute atomic E-state index is 0.180. The molecule has 0 spiro atoms. The molecule has 22 heavy (non-hydrogen) atoms. The fourth-order valence-electron chi connectivity index (χ4n) is 2.99. The topological polar surface area (TPSA) is 12.5 Å². The molecule has 1 fully saturated rings. The number of halogens is 1. The van der Waals surface area contributed by atoms with Crippen LogP contribution >= 0.6 is 0 Å². The van der Waals surface area contributed by atoms with Crippen molar-refractivity contribution >= 4 is 0 Å². The van der Waals surface area contributed by atoms with Gasteiger partial charge in [-0.1, -0.05) is 36.4 Å². The summed E-state index contributed by atoms with van der Waals surface area (Å²) in [6.45, 7) is 4.86.